The first-order valence-electron chi connectivity index (χ1n) is 16.5. The Morgan fingerprint density at radius 2 is 0.980 bits per heavy atom. The van der Waals surface area contributed by atoms with Gasteiger partial charge in [-0.1, -0.05) is 140 Å². The number of hydrogen-bond donors (Lipinski definition) is 0. The highest BCUT2D eigenvalue weighted by molar-refractivity contribution is 7.27. The number of benzene rings is 7. The molecule has 3 aromatic heterocycles. The highest BCUT2D eigenvalue weighted by Gasteiger charge is 2.18. The van der Waals surface area contributed by atoms with Crippen molar-refractivity contribution in [2.75, 3.05) is 0 Å². The van der Waals surface area contributed by atoms with Crippen molar-refractivity contribution in [2.45, 2.75) is 0 Å². The zero-order chi connectivity index (χ0) is 33.0. The van der Waals surface area contributed by atoms with E-state index in [2.05, 4.69) is 97.1 Å². The van der Waals surface area contributed by atoms with Crippen molar-refractivity contribution >= 4 is 63.8 Å². The highest BCUT2D eigenvalue weighted by atomic mass is 32.1. The van der Waals surface area contributed by atoms with Crippen LogP contribution < -0.4 is 0 Å². The molecular weight excluding hydrogens is 649 g/mol. The van der Waals surface area contributed by atoms with Gasteiger partial charge in [0, 0.05) is 47.8 Å². The van der Waals surface area contributed by atoms with E-state index in [0.717, 1.165) is 32.8 Å². The number of rotatable bonds is 5. The first kappa shape index (κ1) is 28.9. The third-order valence-electron chi connectivity index (χ3n) is 9.16. The lowest BCUT2D eigenvalue weighted by Gasteiger charge is -2.10. The lowest BCUT2D eigenvalue weighted by Crippen LogP contribution is -2.00. The van der Waals surface area contributed by atoms with E-state index in [0.29, 0.717) is 17.5 Å². The summed E-state index contributed by atoms with van der Waals surface area (Å²) in [5.74, 6) is 1.95. The fraction of sp³-hybridized carbons (Fsp3) is 0. The van der Waals surface area contributed by atoms with Gasteiger partial charge in [0.1, 0.15) is 5.01 Å². The van der Waals surface area contributed by atoms with Gasteiger partial charge >= 0.3 is 0 Å². The summed E-state index contributed by atoms with van der Waals surface area (Å²) in [5, 5.41) is 6.04. The third kappa shape index (κ3) is 4.88. The first-order valence-corrected chi connectivity index (χ1v) is 18.1. The largest absolute Gasteiger partial charge is 0.236 e. The van der Waals surface area contributed by atoms with Gasteiger partial charge in [-0.05, 0) is 34.7 Å². The Labute approximate surface area is 296 Å². The lowest BCUT2D eigenvalue weighted by atomic mass is 9.97. The second kappa shape index (κ2) is 11.8. The fourth-order valence-corrected chi connectivity index (χ4v) is 9.23. The maximum Gasteiger partial charge on any atom is 0.164 e. The summed E-state index contributed by atoms with van der Waals surface area (Å²) in [6.45, 7) is 0. The van der Waals surface area contributed by atoms with Crippen LogP contribution in [0.5, 0.6) is 0 Å². The van der Waals surface area contributed by atoms with E-state index in [1.165, 1.54) is 46.8 Å². The number of fused-ring (bicyclic) bond motifs is 6. The van der Waals surface area contributed by atoms with Crippen LogP contribution in [0.3, 0.4) is 0 Å². The number of aromatic nitrogens is 4. The van der Waals surface area contributed by atoms with Crippen LogP contribution in [-0.4, -0.2) is 19.9 Å². The number of nitrogens with zero attached hydrogens (tertiary/aromatic N) is 4. The topological polar surface area (TPSA) is 51.6 Å². The van der Waals surface area contributed by atoms with E-state index < -0.39 is 0 Å². The molecule has 4 nitrogen and oxygen atoms in total. The van der Waals surface area contributed by atoms with E-state index in [4.69, 9.17) is 19.9 Å². The molecule has 0 aliphatic carbocycles. The van der Waals surface area contributed by atoms with Gasteiger partial charge in [0.2, 0.25) is 0 Å². The molecule has 0 fully saturated rings. The van der Waals surface area contributed by atoms with Gasteiger partial charge < -0.3 is 0 Å². The molecule has 0 unspecified atom stereocenters. The quantitative estimate of drug-likeness (QED) is 0.182. The molecule has 7 aromatic carbocycles. The monoisotopic (exact) mass is 674 g/mol. The molecule has 0 amide bonds. The van der Waals surface area contributed by atoms with Crippen LogP contribution in [-0.2, 0) is 0 Å². The molecule has 6 heteroatoms. The van der Waals surface area contributed by atoms with Crippen molar-refractivity contribution in [3.8, 4) is 55.9 Å². The molecule has 0 atom stereocenters. The lowest BCUT2D eigenvalue weighted by molar-refractivity contribution is 1.07. The normalized spacial score (nSPS) is 11.6. The summed E-state index contributed by atoms with van der Waals surface area (Å²) in [6.07, 6.45) is 0. The van der Waals surface area contributed by atoms with E-state index in [1.54, 1.807) is 11.3 Å². The predicted octanol–water partition coefficient (Wildman–Crippen LogP) is 12.3. The number of hydrogen-bond acceptors (Lipinski definition) is 6. The highest BCUT2D eigenvalue weighted by Crippen LogP contribution is 2.46. The molecule has 50 heavy (non-hydrogen) atoms. The average molecular weight is 675 g/mol. The van der Waals surface area contributed by atoms with Crippen LogP contribution >= 0.6 is 22.7 Å². The third-order valence-corrected chi connectivity index (χ3v) is 11.5. The SMILES string of the molecule is c1ccc(-c2nc(-c3ccccc3)nc(-c3cccc(-c4cccc5sc6c(-c7nc8ccc9ccccc9c8s7)cccc6c45)c3)n2)cc1. The minimum atomic E-state index is 0.646. The molecule has 0 spiro atoms. The zero-order valence-corrected chi connectivity index (χ0v) is 28.2. The first-order chi connectivity index (χ1) is 24.8. The van der Waals surface area contributed by atoms with Crippen LogP contribution in [0.1, 0.15) is 0 Å². The molecule has 0 aliphatic heterocycles. The van der Waals surface area contributed by atoms with Crippen molar-refractivity contribution in [1.82, 2.24) is 19.9 Å². The van der Waals surface area contributed by atoms with Crippen molar-refractivity contribution in [3.05, 3.63) is 158 Å². The second-order valence-electron chi connectivity index (χ2n) is 12.2. The molecule has 0 saturated heterocycles. The second-order valence-corrected chi connectivity index (χ2v) is 14.3. The molecule has 10 rings (SSSR count). The summed E-state index contributed by atoms with van der Waals surface area (Å²) < 4.78 is 3.74. The van der Waals surface area contributed by atoms with Crippen molar-refractivity contribution in [2.24, 2.45) is 0 Å². The summed E-state index contributed by atoms with van der Waals surface area (Å²) in [7, 11) is 0. The Balaban J connectivity index is 1.12. The van der Waals surface area contributed by atoms with Crippen molar-refractivity contribution in [3.63, 3.8) is 0 Å². The van der Waals surface area contributed by atoms with Gasteiger partial charge in [-0.3, -0.25) is 0 Å². The van der Waals surface area contributed by atoms with E-state index in [-0.39, 0.29) is 0 Å². The smallest absolute Gasteiger partial charge is 0.164 e. The predicted molar refractivity (Wildman–Crippen MR) is 211 cm³/mol. The maximum absolute atomic E-state index is 5.14. The molecule has 0 radical (unpaired) electrons. The maximum atomic E-state index is 5.14. The Morgan fingerprint density at radius 1 is 0.380 bits per heavy atom. The fourth-order valence-electron chi connectivity index (χ4n) is 6.79. The van der Waals surface area contributed by atoms with E-state index >= 15 is 0 Å². The minimum Gasteiger partial charge on any atom is -0.236 e. The van der Waals surface area contributed by atoms with Gasteiger partial charge in [0.05, 0.1) is 10.2 Å². The zero-order valence-electron chi connectivity index (χ0n) is 26.6. The van der Waals surface area contributed by atoms with Crippen LogP contribution in [0.25, 0.3) is 97.0 Å². The minimum absolute atomic E-state index is 0.646. The van der Waals surface area contributed by atoms with Crippen LogP contribution in [0, 0.1) is 0 Å². The summed E-state index contributed by atoms with van der Waals surface area (Å²) >= 11 is 3.62. The van der Waals surface area contributed by atoms with Gasteiger partial charge in [-0.15, -0.1) is 22.7 Å². The summed E-state index contributed by atoms with van der Waals surface area (Å²) in [5.41, 5.74) is 7.38. The van der Waals surface area contributed by atoms with Crippen LogP contribution in [0.2, 0.25) is 0 Å². The van der Waals surface area contributed by atoms with Crippen molar-refractivity contribution in [1.29, 1.82) is 0 Å². The molecule has 3 heterocycles. The van der Waals surface area contributed by atoms with E-state index in [1.807, 2.05) is 72.0 Å². The summed E-state index contributed by atoms with van der Waals surface area (Å²) in [6, 6.07) is 54.9. The van der Waals surface area contributed by atoms with Crippen LogP contribution in [0.15, 0.2) is 158 Å². The Hall–Kier alpha value is -6.08. The Kier molecular flexibility index (Phi) is 6.82. The van der Waals surface area contributed by atoms with Gasteiger partial charge in [0.25, 0.3) is 0 Å². The molecule has 0 saturated carbocycles. The molecule has 0 aliphatic rings. The van der Waals surface area contributed by atoms with Gasteiger partial charge in [-0.2, -0.15) is 0 Å². The Bertz CT molecular complexity index is 2820. The van der Waals surface area contributed by atoms with E-state index in [9.17, 15) is 0 Å². The molecule has 10 aromatic rings. The molecule has 0 bridgehead atoms. The van der Waals surface area contributed by atoms with Crippen molar-refractivity contribution < 1.29 is 0 Å². The standard InChI is InChI=1S/C44H26N4S2/c1-3-13-28(14-4-1)41-46-42(29-15-5-2-6-16-29)48-43(47-41)31-18-9-17-30(26-31)32-20-11-23-37-38(32)34-21-10-22-35(39(34)49-37)44-45-36-25-24-27-12-7-8-19-33(27)40(36)50-44/h1-26H. The molecule has 234 valence electrons. The van der Waals surface area contributed by atoms with Gasteiger partial charge in [0.15, 0.2) is 17.5 Å². The van der Waals surface area contributed by atoms with Gasteiger partial charge in [-0.25, -0.2) is 19.9 Å². The molecular formula is C44H26N4S2. The number of thiophene rings is 1. The van der Waals surface area contributed by atoms with Crippen LogP contribution in [0.4, 0.5) is 0 Å². The average Bonchev–Trinajstić information content (AvgIpc) is 3.81. The number of thiazole rings is 1. The Morgan fingerprint density at radius 3 is 1.76 bits per heavy atom. The molecule has 0 N–H and O–H groups in total. The summed E-state index contributed by atoms with van der Waals surface area (Å²) in [4.78, 5) is 20.0.